The standard InChI is InChI=1S/C29H36N2O3/c1-19(21-9-12-24-25(17-21)29(4,5)14-13-28(24,2)3)34-22-10-7-20(8-11-22)23(18-26(32)33)27-30-15-16-31(27)6/h7-12,15-17,19,23H,13-14,18H2,1-6H3,(H,32,33)/t19-,23-/m0/s1. The fraction of sp³-hybridized carbons (Fsp3) is 0.448. The van der Waals surface area contributed by atoms with Gasteiger partial charge in [0.25, 0.3) is 0 Å². The summed E-state index contributed by atoms with van der Waals surface area (Å²) in [6.45, 7) is 11.4. The summed E-state index contributed by atoms with van der Waals surface area (Å²) in [6.07, 6.45) is 5.81. The molecular formula is C29H36N2O3. The van der Waals surface area contributed by atoms with Gasteiger partial charge in [-0.3, -0.25) is 4.79 Å². The maximum absolute atomic E-state index is 11.5. The lowest BCUT2D eigenvalue weighted by Gasteiger charge is -2.42. The van der Waals surface area contributed by atoms with Crippen molar-refractivity contribution in [2.24, 2.45) is 7.05 Å². The minimum Gasteiger partial charge on any atom is -0.486 e. The Morgan fingerprint density at radius 3 is 2.24 bits per heavy atom. The SMILES string of the molecule is C[C@H](Oc1ccc([C@H](CC(=O)O)c2nccn2C)cc1)c1ccc2c(c1)C(C)(C)CCC2(C)C. The third-order valence-electron chi connectivity index (χ3n) is 7.49. The summed E-state index contributed by atoms with van der Waals surface area (Å²) in [7, 11) is 1.89. The van der Waals surface area contributed by atoms with Gasteiger partial charge in [-0.05, 0) is 65.0 Å². The topological polar surface area (TPSA) is 64.3 Å². The number of carboxylic acids is 1. The molecule has 180 valence electrons. The first-order valence-corrected chi connectivity index (χ1v) is 12.1. The zero-order chi connectivity index (χ0) is 24.7. The molecule has 0 radical (unpaired) electrons. The van der Waals surface area contributed by atoms with Crippen LogP contribution in [0.4, 0.5) is 0 Å². The summed E-state index contributed by atoms with van der Waals surface area (Å²) in [5, 5.41) is 9.43. The van der Waals surface area contributed by atoms with Crippen molar-refractivity contribution in [1.82, 2.24) is 9.55 Å². The molecule has 0 fully saturated rings. The molecule has 0 spiro atoms. The molecule has 3 aromatic rings. The van der Waals surface area contributed by atoms with E-state index in [-0.39, 0.29) is 29.3 Å². The Kier molecular flexibility index (Phi) is 6.32. The zero-order valence-corrected chi connectivity index (χ0v) is 21.1. The first-order chi connectivity index (χ1) is 16.0. The second-order valence-electron chi connectivity index (χ2n) is 10.9. The van der Waals surface area contributed by atoms with Gasteiger partial charge < -0.3 is 14.4 Å². The van der Waals surface area contributed by atoms with E-state index in [0.717, 1.165) is 17.1 Å². The number of hydrogen-bond acceptors (Lipinski definition) is 3. The highest BCUT2D eigenvalue weighted by Crippen LogP contribution is 2.46. The van der Waals surface area contributed by atoms with Crippen molar-refractivity contribution in [3.63, 3.8) is 0 Å². The van der Waals surface area contributed by atoms with Crippen molar-refractivity contribution in [2.45, 2.75) is 76.7 Å². The van der Waals surface area contributed by atoms with Gasteiger partial charge in [-0.2, -0.15) is 0 Å². The van der Waals surface area contributed by atoms with E-state index in [0.29, 0.717) is 0 Å². The molecule has 0 saturated heterocycles. The number of nitrogens with zero attached hydrogens (tertiary/aromatic N) is 2. The van der Waals surface area contributed by atoms with Crippen molar-refractivity contribution < 1.29 is 14.6 Å². The fourth-order valence-corrected chi connectivity index (χ4v) is 5.16. The number of hydrogen-bond donors (Lipinski definition) is 1. The van der Waals surface area contributed by atoms with Crippen LogP contribution in [0, 0.1) is 0 Å². The molecule has 0 bridgehead atoms. The number of aryl methyl sites for hydroxylation is 1. The fourth-order valence-electron chi connectivity index (χ4n) is 5.16. The van der Waals surface area contributed by atoms with Gasteiger partial charge in [0.1, 0.15) is 17.7 Å². The average molecular weight is 461 g/mol. The monoisotopic (exact) mass is 460 g/mol. The summed E-state index contributed by atoms with van der Waals surface area (Å²) in [4.78, 5) is 15.9. The van der Waals surface area contributed by atoms with E-state index in [1.807, 2.05) is 42.1 Å². The van der Waals surface area contributed by atoms with Crippen LogP contribution < -0.4 is 4.74 Å². The van der Waals surface area contributed by atoms with Crippen LogP contribution in [0.25, 0.3) is 0 Å². The van der Waals surface area contributed by atoms with Crippen molar-refractivity contribution in [2.75, 3.05) is 0 Å². The van der Waals surface area contributed by atoms with Gasteiger partial charge in [0.05, 0.1) is 12.3 Å². The molecule has 1 heterocycles. The second-order valence-corrected chi connectivity index (χ2v) is 10.9. The first kappa shape index (κ1) is 24.1. The molecular weight excluding hydrogens is 424 g/mol. The molecule has 0 unspecified atom stereocenters. The van der Waals surface area contributed by atoms with E-state index in [4.69, 9.17) is 4.74 Å². The molecule has 0 amide bonds. The average Bonchev–Trinajstić information content (AvgIpc) is 3.21. The van der Waals surface area contributed by atoms with Crippen molar-refractivity contribution >= 4 is 5.97 Å². The van der Waals surface area contributed by atoms with Crippen LogP contribution in [0.2, 0.25) is 0 Å². The minimum atomic E-state index is -0.847. The molecule has 0 saturated carbocycles. The summed E-state index contributed by atoms with van der Waals surface area (Å²) >= 11 is 0. The van der Waals surface area contributed by atoms with E-state index in [1.165, 1.54) is 29.5 Å². The van der Waals surface area contributed by atoms with Crippen LogP contribution in [-0.2, 0) is 22.7 Å². The number of imidazole rings is 1. The number of carboxylic acid groups (broad SMARTS) is 1. The lowest BCUT2D eigenvalue weighted by Crippen LogP contribution is -2.34. The molecule has 0 aliphatic heterocycles. The summed E-state index contributed by atoms with van der Waals surface area (Å²) < 4.78 is 8.18. The number of aliphatic carboxylic acids is 1. The molecule has 1 aliphatic rings. The van der Waals surface area contributed by atoms with Crippen LogP contribution in [-0.4, -0.2) is 20.6 Å². The van der Waals surface area contributed by atoms with Crippen LogP contribution >= 0.6 is 0 Å². The van der Waals surface area contributed by atoms with E-state index >= 15 is 0 Å². The van der Waals surface area contributed by atoms with Crippen molar-refractivity contribution in [1.29, 1.82) is 0 Å². The van der Waals surface area contributed by atoms with Crippen molar-refractivity contribution in [3.05, 3.63) is 82.9 Å². The largest absolute Gasteiger partial charge is 0.486 e. The minimum absolute atomic E-state index is 0.0112. The van der Waals surface area contributed by atoms with E-state index < -0.39 is 5.97 Å². The number of aromatic nitrogens is 2. The molecule has 2 atom stereocenters. The van der Waals surface area contributed by atoms with E-state index in [2.05, 4.69) is 57.8 Å². The van der Waals surface area contributed by atoms with Gasteiger partial charge in [0.2, 0.25) is 0 Å². The maximum atomic E-state index is 11.5. The van der Waals surface area contributed by atoms with Crippen LogP contribution in [0.15, 0.2) is 54.9 Å². The third kappa shape index (κ3) is 4.75. The normalized spacial score (nSPS) is 18.1. The molecule has 5 heteroatoms. The van der Waals surface area contributed by atoms with Gasteiger partial charge in [-0.1, -0.05) is 58.0 Å². The van der Waals surface area contributed by atoms with Gasteiger partial charge in [0, 0.05) is 19.4 Å². The van der Waals surface area contributed by atoms with Crippen LogP contribution in [0.5, 0.6) is 5.75 Å². The van der Waals surface area contributed by atoms with Crippen molar-refractivity contribution in [3.8, 4) is 5.75 Å². The Hall–Kier alpha value is -3.08. The zero-order valence-electron chi connectivity index (χ0n) is 21.1. The molecule has 34 heavy (non-hydrogen) atoms. The molecule has 4 rings (SSSR count). The lowest BCUT2D eigenvalue weighted by atomic mass is 9.63. The molecule has 1 aromatic heterocycles. The summed E-state index contributed by atoms with van der Waals surface area (Å²) in [5.74, 6) is 0.349. The Labute approximate surface area is 202 Å². The number of fused-ring (bicyclic) bond motifs is 1. The van der Waals surface area contributed by atoms with Gasteiger partial charge >= 0.3 is 5.97 Å². The number of rotatable bonds is 7. The highest BCUT2D eigenvalue weighted by Gasteiger charge is 2.37. The smallest absolute Gasteiger partial charge is 0.304 e. The molecule has 1 N–H and O–H groups in total. The number of carbonyl (C=O) groups is 1. The van der Waals surface area contributed by atoms with E-state index in [1.54, 1.807) is 6.20 Å². The van der Waals surface area contributed by atoms with Gasteiger partial charge in [0.15, 0.2) is 0 Å². The molecule has 5 nitrogen and oxygen atoms in total. The first-order valence-electron chi connectivity index (χ1n) is 12.1. The summed E-state index contributed by atoms with van der Waals surface area (Å²) in [5.41, 5.74) is 5.32. The quantitative estimate of drug-likeness (QED) is 0.436. The Morgan fingerprint density at radius 2 is 1.65 bits per heavy atom. The highest BCUT2D eigenvalue weighted by molar-refractivity contribution is 5.68. The lowest BCUT2D eigenvalue weighted by molar-refractivity contribution is -0.137. The van der Waals surface area contributed by atoms with E-state index in [9.17, 15) is 9.90 Å². The predicted molar refractivity (Wildman–Crippen MR) is 135 cm³/mol. The summed E-state index contributed by atoms with van der Waals surface area (Å²) in [6, 6.07) is 14.6. The van der Waals surface area contributed by atoms with Crippen LogP contribution in [0.1, 0.15) is 94.0 Å². The molecule has 2 aromatic carbocycles. The number of ether oxygens (including phenoxy) is 1. The maximum Gasteiger partial charge on any atom is 0.304 e. The highest BCUT2D eigenvalue weighted by atomic mass is 16.5. The second kappa shape index (κ2) is 8.94. The Bertz CT molecular complexity index is 1170. The Balaban J connectivity index is 1.55. The van der Waals surface area contributed by atoms with Crippen LogP contribution in [0.3, 0.4) is 0 Å². The molecule has 1 aliphatic carbocycles. The predicted octanol–water partition coefficient (Wildman–Crippen LogP) is 6.52. The third-order valence-corrected chi connectivity index (χ3v) is 7.49. The van der Waals surface area contributed by atoms with Gasteiger partial charge in [-0.15, -0.1) is 0 Å². The van der Waals surface area contributed by atoms with Gasteiger partial charge in [-0.25, -0.2) is 4.98 Å². The number of benzene rings is 2. The Morgan fingerprint density at radius 1 is 1.03 bits per heavy atom.